The molecule has 1 atom stereocenters. The van der Waals surface area contributed by atoms with Gasteiger partial charge in [0, 0.05) is 0 Å². The summed E-state index contributed by atoms with van der Waals surface area (Å²) in [5, 5.41) is 0. The first-order valence-electron chi connectivity index (χ1n) is 4.77. The molecule has 2 rings (SSSR count). The first kappa shape index (κ1) is 10.1. The largest absolute Gasteiger partial charge is 0.465 e. The Morgan fingerprint density at radius 2 is 2.40 bits per heavy atom. The highest BCUT2D eigenvalue weighted by Crippen LogP contribution is 2.26. The molecule has 0 bridgehead atoms. The number of methoxy groups -OCH3 is 1. The number of nitrogens with two attached hydrogens (primary N) is 1. The number of esters is 1. The van der Waals surface area contributed by atoms with Crippen LogP contribution in [0.15, 0.2) is 18.2 Å². The molecule has 2 N–H and O–H groups in total. The second kappa shape index (κ2) is 4.00. The zero-order chi connectivity index (χ0) is 10.8. The minimum atomic E-state index is -0.343. The van der Waals surface area contributed by atoms with Gasteiger partial charge in [0.1, 0.15) is 0 Å². The van der Waals surface area contributed by atoms with Crippen molar-refractivity contribution in [3.8, 4) is 0 Å². The fourth-order valence-corrected chi connectivity index (χ4v) is 1.79. The molecule has 0 aliphatic carbocycles. The summed E-state index contributed by atoms with van der Waals surface area (Å²) < 4.78 is 10.0. The van der Waals surface area contributed by atoms with Gasteiger partial charge < -0.3 is 15.2 Å². The van der Waals surface area contributed by atoms with Crippen molar-refractivity contribution in [2.75, 3.05) is 13.7 Å². The van der Waals surface area contributed by atoms with Crippen LogP contribution in [-0.4, -0.2) is 19.7 Å². The molecule has 0 saturated heterocycles. The van der Waals surface area contributed by atoms with Gasteiger partial charge in [-0.3, -0.25) is 0 Å². The van der Waals surface area contributed by atoms with Crippen LogP contribution in [-0.2, 0) is 16.1 Å². The quantitative estimate of drug-likeness (QED) is 0.698. The second-order valence-electron chi connectivity index (χ2n) is 3.49. The zero-order valence-corrected chi connectivity index (χ0v) is 8.53. The van der Waals surface area contributed by atoms with Crippen molar-refractivity contribution in [3.63, 3.8) is 0 Å². The number of rotatable bonds is 1. The van der Waals surface area contributed by atoms with Crippen LogP contribution in [0.3, 0.4) is 0 Å². The Hall–Kier alpha value is -1.39. The molecule has 0 fully saturated rings. The summed E-state index contributed by atoms with van der Waals surface area (Å²) in [5.74, 6) is -0.343. The molecule has 0 spiro atoms. The lowest BCUT2D eigenvalue weighted by Gasteiger charge is -2.24. The fourth-order valence-electron chi connectivity index (χ4n) is 1.79. The Kier molecular flexibility index (Phi) is 2.70. The van der Waals surface area contributed by atoms with Gasteiger partial charge in [0.05, 0.1) is 31.9 Å². The Balaban J connectivity index is 2.49. The molecule has 15 heavy (non-hydrogen) atoms. The van der Waals surface area contributed by atoms with Crippen molar-refractivity contribution in [2.45, 2.75) is 12.6 Å². The minimum absolute atomic E-state index is 0.154. The van der Waals surface area contributed by atoms with Crippen molar-refractivity contribution in [2.24, 2.45) is 5.73 Å². The summed E-state index contributed by atoms with van der Waals surface area (Å²) in [5.41, 5.74) is 8.25. The summed E-state index contributed by atoms with van der Waals surface area (Å²) in [7, 11) is 1.37. The third-order valence-corrected chi connectivity index (χ3v) is 2.56. The molecule has 1 aliphatic heterocycles. The van der Waals surface area contributed by atoms with E-state index in [9.17, 15) is 4.79 Å². The van der Waals surface area contributed by atoms with Crippen molar-refractivity contribution < 1.29 is 14.3 Å². The average molecular weight is 207 g/mol. The van der Waals surface area contributed by atoms with E-state index in [0.29, 0.717) is 18.8 Å². The predicted molar refractivity (Wildman–Crippen MR) is 54.4 cm³/mol. The van der Waals surface area contributed by atoms with Crippen LogP contribution in [0.4, 0.5) is 0 Å². The van der Waals surface area contributed by atoms with Gasteiger partial charge in [-0.05, 0) is 17.2 Å². The van der Waals surface area contributed by atoms with Crippen LogP contribution in [0.5, 0.6) is 0 Å². The fraction of sp³-hybridized carbons (Fsp3) is 0.364. The van der Waals surface area contributed by atoms with Gasteiger partial charge in [-0.25, -0.2) is 4.79 Å². The molecule has 4 heteroatoms. The molecular weight excluding hydrogens is 194 g/mol. The normalized spacial score (nSPS) is 19.5. The van der Waals surface area contributed by atoms with Gasteiger partial charge in [0.2, 0.25) is 0 Å². The number of carbonyl (C=O) groups is 1. The lowest BCUT2D eigenvalue weighted by molar-refractivity contribution is 0.0581. The third-order valence-electron chi connectivity index (χ3n) is 2.56. The van der Waals surface area contributed by atoms with E-state index in [1.807, 2.05) is 12.1 Å². The van der Waals surface area contributed by atoms with Crippen molar-refractivity contribution in [1.82, 2.24) is 0 Å². The summed E-state index contributed by atoms with van der Waals surface area (Å²) in [6.45, 7) is 0.923. The van der Waals surface area contributed by atoms with Crippen LogP contribution in [0, 0.1) is 0 Å². The molecule has 4 nitrogen and oxygen atoms in total. The maximum absolute atomic E-state index is 11.5. The lowest BCUT2D eigenvalue weighted by Crippen LogP contribution is -2.25. The van der Waals surface area contributed by atoms with E-state index >= 15 is 0 Å². The number of ether oxygens (including phenoxy) is 2. The van der Waals surface area contributed by atoms with Gasteiger partial charge in [0.15, 0.2) is 0 Å². The topological polar surface area (TPSA) is 61.5 Å². The van der Waals surface area contributed by atoms with E-state index in [-0.39, 0.29) is 12.0 Å². The molecule has 0 unspecified atom stereocenters. The first-order valence-corrected chi connectivity index (χ1v) is 4.77. The Labute approximate surface area is 88.0 Å². The van der Waals surface area contributed by atoms with Crippen molar-refractivity contribution >= 4 is 5.97 Å². The molecule has 0 radical (unpaired) electrons. The minimum Gasteiger partial charge on any atom is -0.465 e. The highest BCUT2D eigenvalue weighted by atomic mass is 16.5. The Morgan fingerprint density at radius 1 is 1.60 bits per heavy atom. The Bertz CT molecular complexity index is 389. The highest BCUT2D eigenvalue weighted by Gasteiger charge is 2.22. The molecular formula is C11H13NO3. The molecule has 1 aromatic carbocycles. The highest BCUT2D eigenvalue weighted by molar-refractivity contribution is 5.91. The van der Waals surface area contributed by atoms with Crippen LogP contribution < -0.4 is 5.73 Å². The van der Waals surface area contributed by atoms with E-state index in [4.69, 9.17) is 15.2 Å². The average Bonchev–Trinajstić information content (AvgIpc) is 2.28. The third kappa shape index (κ3) is 1.73. The van der Waals surface area contributed by atoms with Gasteiger partial charge in [0.25, 0.3) is 0 Å². The summed E-state index contributed by atoms with van der Waals surface area (Å²) in [6, 6.07) is 5.32. The molecule has 1 aliphatic rings. The van der Waals surface area contributed by atoms with Crippen LogP contribution in [0.1, 0.15) is 27.5 Å². The van der Waals surface area contributed by atoms with E-state index in [2.05, 4.69) is 0 Å². The van der Waals surface area contributed by atoms with E-state index in [1.165, 1.54) is 7.11 Å². The zero-order valence-electron chi connectivity index (χ0n) is 8.53. The summed E-state index contributed by atoms with van der Waals surface area (Å²) >= 11 is 0. The predicted octanol–water partition coefficient (Wildman–Crippen LogP) is 1.00. The molecule has 80 valence electrons. The molecule has 0 amide bonds. The molecule has 0 saturated carbocycles. The van der Waals surface area contributed by atoms with Crippen LogP contribution in [0.2, 0.25) is 0 Å². The number of hydrogen-bond acceptors (Lipinski definition) is 4. The molecule has 1 heterocycles. The number of hydrogen-bond donors (Lipinski definition) is 1. The number of fused-ring (bicyclic) bond motifs is 1. The second-order valence-corrected chi connectivity index (χ2v) is 3.49. The van der Waals surface area contributed by atoms with Gasteiger partial charge in [-0.1, -0.05) is 12.1 Å². The maximum atomic E-state index is 11.5. The smallest absolute Gasteiger partial charge is 0.338 e. The lowest BCUT2D eigenvalue weighted by atomic mass is 9.95. The summed E-state index contributed by atoms with van der Waals surface area (Å²) in [6.07, 6.45) is 0. The van der Waals surface area contributed by atoms with Crippen LogP contribution >= 0.6 is 0 Å². The SMILES string of the molecule is COC(=O)c1cccc2c1COC[C@@H]2N. The molecule has 0 aromatic heterocycles. The van der Waals surface area contributed by atoms with Crippen molar-refractivity contribution in [3.05, 3.63) is 34.9 Å². The standard InChI is InChI=1S/C11H13NO3/c1-14-11(13)8-4-2-3-7-9(8)5-15-6-10(7)12/h2-4,10H,5-6,12H2,1H3/t10-/m0/s1. The maximum Gasteiger partial charge on any atom is 0.338 e. The van der Waals surface area contributed by atoms with Gasteiger partial charge in [-0.2, -0.15) is 0 Å². The van der Waals surface area contributed by atoms with E-state index in [0.717, 1.165) is 11.1 Å². The van der Waals surface area contributed by atoms with Crippen molar-refractivity contribution in [1.29, 1.82) is 0 Å². The van der Waals surface area contributed by atoms with Crippen LogP contribution in [0.25, 0.3) is 0 Å². The summed E-state index contributed by atoms with van der Waals surface area (Å²) in [4.78, 5) is 11.5. The molecule has 1 aromatic rings. The first-order chi connectivity index (χ1) is 7.24. The van der Waals surface area contributed by atoms with E-state index in [1.54, 1.807) is 6.07 Å². The monoisotopic (exact) mass is 207 g/mol. The van der Waals surface area contributed by atoms with Gasteiger partial charge in [-0.15, -0.1) is 0 Å². The number of carbonyl (C=O) groups excluding carboxylic acids is 1. The Morgan fingerprint density at radius 3 is 3.13 bits per heavy atom. The number of benzene rings is 1. The van der Waals surface area contributed by atoms with E-state index < -0.39 is 0 Å². The van der Waals surface area contributed by atoms with Gasteiger partial charge >= 0.3 is 5.97 Å².